The molecule has 7 nitrogen and oxygen atoms in total. The first kappa shape index (κ1) is 22.1. The number of aromatic nitrogens is 2. The van der Waals surface area contributed by atoms with Gasteiger partial charge >= 0.3 is 0 Å². The second-order valence-corrected chi connectivity index (χ2v) is 7.21. The number of para-hydroxylation sites is 1. The summed E-state index contributed by atoms with van der Waals surface area (Å²) in [6.45, 7) is 8.79. The van der Waals surface area contributed by atoms with E-state index in [1.54, 1.807) is 9.58 Å². The van der Waals surface area contributed by atoms with Crippen LogP contribution < -0.4 is 10.1 Å². The highest BCUT2D eigenvalue weighted by molar-refractivity contribution is 6.03. The van der Waals surface area contributed by atoms with Crippen LogP contribution in [-0.2, 0) is 4.79 Å². The monoisotopic (exact) mass is 420 g/mol. The van der Waals surface area contributed by atoms with Gasteiger partial charge in [-0.05, 0) is 63.1 Å². The molecule has 0 aliphatic rings. The number of rotatable bonds is 8. The first-order valence-corrected chi connectivity index (χ1v) is 10.4. The summed E-state index contributed by atoms with van der Waals surface area (Å²) < 4.78 is 7.21. The van der Waals surface area contributed by atoms with Crippen molar-refractivity contribution in [1.82, 2.24) is 14.7 Å². The van der Waals surface area contributed by atoms with Gasteiger partial charge in [0.15, 0.2) is 6.61 Å². The van der Waals surface area contributed by atoms with Crippen molar-refractivity contribution in [3.63, 3.8) is 0 Å². The van der Waals surface area contributed by atoms with Crippen LogP contribution in [0.4, 0.5) is 5.82 Å². The summed E-state index contributed by atoms with van der Waals surface area (Å²) in [5, 5.41) is 7.19. The van der Waals surface area contributed by atoms with E-state index >= 15 is 0 Å². The lowest BCUT2D eigenvalue weighted by Gasteiger charge is -2.19. The molecule has 3 aromatic rings. The summed E-state index contributed by atoms with van der Waals surface area (Å²) in [6.07, 6.45) is 1.49. The van der Waals surface area contributed by atoms with Gasteiger partial charge in [-0.1, -0.05) is 24.3 Å². The quantitative estimate of drug-likeness (QED) is 0.598. The molecular weight excluding hydrogens is 392 g/mol. The van der Waals surface area contributed by atoms with E-state index in [0.29, 0.717) is 30.2 Å². The van der Waals surface area contributed by atoms with E-state index in [4.69, 9.17) is 4.74 Å². The van der Waals surface area contributed by atoms with Gasteiger partial charge in [0, 0.05) is 13.1 Å². The standard InChI is InChI=1S/C24H28N4O3/c1-5-27(6-2)24(30)21-15-25-28(19-10-8-7-9-11-19)23(21)26-22(29)16-31-20-13-12-17(3)18(4)14-20/h7-15H,5-6,16H2,1-4H3,(H,26,29). The lowest BCUT2D eigenvalue weighted by atomic mass is 10.1. The zero-order chi connectivity index (χ0) is 22.4. The number of amides is 2. The number of ether oxygens (including phenoxy) is 1. The lowest BCUT2D eigenvalue weighted by molar-refractivity contribution is -0.118. The second kappa shape index (κ2) is 9.93. The van der Waals surface area contributed by atoms with Gasteiger partial charge in [0.05, 0.1) is 11.9 Å². The van der Waals surface area contributed by atoms with Crippen LogP contribution in [0.3, 0.4) is 0 Å². The Morgan fingerprint density at radius 3 is 2.39 bits per heavy atom. The second-order valence-electron chi connectivity index (χ2n) is 7.21. The van der Waals surface area contributed by atoms with Crippen LogP contribution in [-0.4, -0.2) is 46.2 Å². The molecule has 162 valence electrons. The van der Waals surface area contributed by atoms with Gasteiger partial charge < -0.3 is 15.0 Å². The molecule has 0 atom stereocenters. The first-order chi connectivity index (χ1) is 14.9. The maximum atomic E-state index is 13.0. The molecule has 3 rings (SSSR count). The van der Waals surface area contributed by atoms with Crippen LogP contribution in [0.2, 0.25) is 0 Å². The van der Waals surface area contributed by atoms with Crippen molar-refractivity contribution in [3.8, 4) is 11.4 Å². The van der Waals surface area contributed by atoms with E-state index in [1.165, 1.54) is 6.20 Å². The van der Waals surface area contributed by atoms with Gasteiger partial charge in [0.1, 0.15) is 17.1 Å². The zero-order valence-electron chi connectivity index (χ0n) is 18.4. The maximum Gasteiger partial charge on any atom is 0.263 e. The van der Waals surface area contributed by atoms with Gasteiger partial charge in [-0.15, -0.1) is 0 Å². The van der Waals surface area contributed by atoms with E-state index in [9.17, 15) is 9.59 Å². The molecule has 0 aliphatic heterocycles. The third-order valence-electron chi connectivity index (χ3n) is 5.16. The van der Waals surface area contributed by atoms with Crippen molar-refractivity contribution < 1.29 is 14.3 Å². The summed E-state index contributed by atoms with van der Waals surface area (Å²) in [6, 6.07) is 15.0. The number of nitrogens with one attached hydrogen (secondary N) is 1. The highest BCUT2D eigenvalue weighted by atomic mass is 16.5. The Hall–Kier alpha value is -3.61. The molecule has 1 heterocycles. The molecule has 2 amide bonds. The minimum Gasteiger partial charge on any atom is -0.484 e. The molecule has 0 bridgehead atoms. The summed E-state index contributed by atoms with van der Waals surface area (Å²) >= 11 is 0. The minimum atomic E-state index is -0.371. The van der Waals surface area contributed by atoms with E-state index in [1.807, 2.05) is 76.2 Å². The molecule has 0 radical (unpaired) electrons. The smallest absolute Gasteiger partial charge is 0.263 e. The molecule has 1 aromatic heterocycles. The summed E-state index contributed by atoms with van der Waals surface area (Å²) in [5.74, 6) is 0.396. The first-order valence-electron chi connectivity index (χ1n) is 10.4. The summed E-state index contributed by atoms with van der Waals surface area (Å²) in [5.41, 5.74) is 3.33. The number of hydrogen-bond donors (Lipinski definition) is 1. The Labute approximate surface area is 182 Å². The fraction of sp³-hybridized carbons (Fsp3) is 0.292. The van der Waals surface area contributed by atoms with Crippen molar-refractivity contribution in [2.75, 3.05) is 25.0 Å². The number of anilines is 1. The van der Waals surface area contributed by atoms with Crippen LogP contribution in [0.25, 0.3) is 5.69 Å². The van der Waals surface area contributed by atoms with Crippen molar-refractivity contribution in [3.05, 3.63) is 71.4 Å². The highest BCUT2D eigenvalue weighted by Crippen LogP contribution is 2.22. The number of carbonyl (C=O) groups excluding carboxylic acids is 2. The van der Waals surface area contributed by atoms with Crippen molar-refractivity contribution >= 4 is 17.6 Å². The predicted molar refractivity (Wildman–Crippen MR) is 121 cm³/mol. The van der Waals surface area contributed by atoms with E-state index in [2.05, 4.69) is 10.4 Å². The SMILES string of the molecule is CCN(CC)C(=O)c1cnn(-c2ccccc2)c1NC(=O)COc1ccc(C)c(C)c1. The molecule has 0 unspecified atom stereocenters. The lowest BCUT2D eigenvalue weighted by Crippen LogP contribution is -2.31. The zero-order valence-corrected chi connectivity index (χ0v) is 18.4. The van der Waals surface area contributed by atoms with Crippen molar-refractivity contribution in [1.29, 1.82) is 0 Å². The summed E-state index contributed by atoms with van der Waals surface area (Å²) in [7, 11) is 0. The van der Waals surface area contributed by atoms with Crippen molar-refractivity contribution in [2.24, 2.45) is 0 Å². The molecule has 0 saturated heterocycles. The third-order valence-corrected chi connectivity index (χ3v) is 5.16. The van der Waals surface area contributed by atoms with Gasteiger partial charge in [-0.2, -0.15) is 5.10 Å². The number of carbonyl (C=O) groups is 2. The topological polar surface area (TPSA) is 76.5 Å². The Morgan fingerprint density at radius 2 is 1.74 bits per heavy atom. The average Bonchev–Trinajstić information content (AvgIpc) is 3.19. The Kier molecular flexibility index (Phi) is 7.07. The largest absolute Gasteiger partial charge is 0.484 e. The molecule has 0 aliphatic carbocycles. The van der Waals surface area contributed by atoms with Crippen LogP contribution in [0.15, 0.2) is 54.7 Å². The van der Waals surface area contributed by atoms with E-state index < -0.39 is 0 Å². The van der Waals surface area contributed by atoms with Gasteiger partial charge in [0.25, 0.3) is 11.8 Å². The number of hydrogen-bond acceptors (Lipinski definition) is 4. The van der Waals surface area contributed by atoms with Gasteiger partial charge in [-0.3, -0.25) is 9.59 Å². The predicted octanol–water partition coefficient (Wildman–Crippen LogP) is 3.99. The molecule has 2 aromatic carbocycles. The highest BCUT2D eigenvalue weighted by Gasteiger charge is 2.23. The van der Waals surface area contributed by atoms with E-state index in [0.717, 1.165) is 16.8 Å². The average molecular weight is 421 g/mol. The van der Waals surface area contributed by atoms with Crippen LogP contribution in [0.1, 0.15) is 35.3 Å². The van der Waals surface area contributed by atoms with Crippen LogP contribution >= 0.6 is 0 Å². The molecule has 0 spiro atoms. The van der Waals surface area contributed by atoms with Crippen LogP contribution in [0, 0.1) is 13.8 Å². The molecule has 7 heteroatoms. The molecule has 0 saturated carbocycles. The molecular formula is C24H28N4O3. The number of benzene rings is 2. The Morgan fingerprint density at radius 1 is 1.03 bits per heavy atom. The van der Waals surface area contributed by atoms with Crippen molar-refractivity contribution in [2.45, 2.75) is 27.7 Å². The third kappa shape index (κ3) is 5.12. The fourth-order valence-corrected chi connectivity index (χ4v) is 3.19. The molecule has 31 heavy (non-hydrogen) atoms. The van der Waals surface area contributed by atoms with Gasteiger partial charge in [0.2, 0.25) is 0 Å². The minimum absolute atomic E-state index is 0.179. The Balaban J connectivity index is 1.84. The molecule has 0 fully saturated rings. The van der Waals surface area contributed by atoms with E-state index in [-0.39, 0.29) is 18.4 Å². The maximum absolute atomic E-state index is 13.0. The normalized spacial score (nSPS) is 10.6. The summed E-state index contributed by atoms with van der Waals surface area (Å²) in [4.78, 5) is 27.4. The number of aryl methyl sites for hydroxylation is 2. The van der Waals surface area contributed by atoms with Gasteiger partial charge in [-0.25, -0.2) is 4.68 Å². The Bertz CT molecular complexity index is 1060. The number of nitrogens with zero attached hydrogens (tertiary/aromatic N) is 3. The fourth-order valence-electron chi connectivity index (χ4n) is 3.19. The van der Waals surface area contributed by atoms with Crippen LogP contribution in [0.5, 0.6) is 5.75 Å². The molecule has 1 N–H and O–H groups in total.